The van der Waals surface area contributed by atoms with Crippen molar-refractivity contribution in [1.82, 2.24) is 15.3 Å². The zero-order valence-electron chi connectivity index (χ0n) is 16.3. The van der Waals surface area contributed by atoms with E-state index in [4.69, 9.17) is 9.15 Å². The summed E-state index contributed by atoms with van der Waals surface area (Å²) in [6.07, 6.45) is -3.03. The highest BCUT2D eigenvalue weighted by Crippen LogP contribution is 2.36. The van der Waals surface area contributed by atoms with Gasteiger partial charge in [0.05, 0.1) is 5.56 Å². The maximum atomic E-state index is 13.0. The molecule has 0 saturated heterocycles. The molecule has 0 aliphatic heterocycles. The molecule has 4 aromatic rings. The zero-order chi connectivity index (χ0) is 22.9. The normalized spacial score (nSPS) is 11.4. The summed E-state index contributed by atoms with van der Waals surface area (Å²) in [6, 6.07) is 11.7. The number of fused-ring (bicyclic) bond motifs is 1. The van der Waals surface area contributed by atoms with E-state index in [1.165, 1.54) is 19.3 Å². The van der Waals surface area contributed by atoms with Crippen molar-refractivity contribution >= 4 is 44.6 Å². The number of carbonyl (C=O) groups is 1. The molecule has 32 heavy (non-hydrogen) atoms. The molecule has 0 spiro atoms. The molecule has 0 saturated carbocycles. The molecule has 11 heteroatoms. The number of nitrogens with one attached hydrogen (secondary N) is 2. The molecular weight excluding hydrogens is 493 g/mol. The number of oxazole rings is 1. The van der Waals surface area contributed by atoms with Crippen LogP contribution in [-0.4, -0.2) is 22.9 Å². The molecule has 2 heterocycles. The van der Waals surface area contributed by atoms with Gasteiger partial charge in [-0.15, -0.1) is 0 Å². The minimum absolute atomic E-state index is 0.00115. The summed E-state index contributed by atoms with van der Waals surface area (Å²) in [7, 11) is 1.51. The fraction of sp³-hybridized carbons (Fsp3) is 0.0952. The van der Waals surface area contributed by atoms with E-state index in [1.54, 1.807) is 30.3 Å². The van der Waals surface area contributed by atoms with Crippen LogP contribution in [0.1, 0.15) is 16.1 Å². The van der Waals surface area contributed by atoms with Crippen molar-refractivity contribution in [2.75, 3.05) is 12.4 Å². The fourth-order valence-corrected chi connectivity index (χ4v) is 3.33. The molecule has 4 rings (SSSR count). The second-order valence-corrected chi connectivity index (χ2v) is 7.38. The van der Waals surface area contributed by atoms with Gasteiger partial charge in [0.25, 0.3) is 11.9 Å². The first-order chi connectivity index (χ1) is 15.2. The van der Waals surface area contributed by atoms with E-state index >= 15 is 0 Å². The van der Waals surface area contributed by atoms with Gasteiger partial charge in [0, 0.05) is 29.5 Å². The largest absolute Gasteiger partial charge is 0.457 e. The molecule has 0 radical (unpaired) electrons. The van der Waals surface area contributed by atoms with Crippen molar-refractivity contribution in [2.24, 2.45) is 0 Å². The van der Waals surface area contributed by atoms with Gasteiger partial charge in [-0.3, -0.25) is 9.78 Å². The van der Waals surface area contributed by atoms with Crippen molar-refractivity contribution in [1.29, 1.82) is 0 Å². The second kappa shape index (κ2) is 8.50. The van der Waals surface area contributed by atoms with Crippen LogP contribution < -0.4 is 15.4 Å². The molecule has 2 N–H and O–H groups in total. The highest BCUT2D eigenvalue weighted by molar-refractivity contribution is 9.10. The van der Waals surface area contributed by atoms with Crippen molar-refractivity contribution < 1.29 is 27.1 Å². The predicted molar refractivity (Wildman–Crippen MR) is 114 cm³/mol. The van der Waals surface area contributed by atoms with Crippen LogP contribution in [0.25, 0.3) is 11.1 Å². The van der Waals surface area contributed by atoms with Crippen LogP contribution in [0.3, 0.4) is 0 Å². The topological polar surface area (TPSA) is 89.3 Å². The third-order valence-corrected chi connectivity index (χ3v) is 4.91. The van der Waals surface area contributed by atoms with Gasteiger partial charge in [-0.2, -0.15) is 18.2 Å². The number of amides is 1. The third-order valence-electron chi connectivity index (χ3n) is 4.31. The molecule has 0 bridgehead atoms. The monoisotopic (exact) mass is 506 g/mol. The lowest BCUT2D eigenvalue weighted by molar-refractivity contribution is -0.137. The Morgan fingerprint density at radius 2 is 1.84 bits per heavy atom. The number of alkyl halides is 3. The van der Waals surface area contributed by atoms with E-state index in [-0.39, 0.29) is 33.2 Å². The number of hydrogen-bond donors (Lipinski definition) is 2. The molecule has 1 amide bonds. The van der Waals surface area contributed by atoms with Gasteiger partial charge in [0.1, 0.15) is 22.7 Å². The average molecular weight is 507 g/mol. The number of halogens is 4. The quantitative estimate of drug-likeness (QED) is 0.350. The Morgan fingerprint density at radius 3 is 2.53 bits per heavy atom. The molecular formula is C21H14BrF3N4O3. The number of rotatable bonds is 5. The zero-order valence-corrected chi connectivity index (χ0v) is 17.9. The fourth-order valence-electron chi connectivity index (χ4n) is 2.80. The highest BCUT2D eigenvalue weighted by atomic mass is 79.9. The van der Waals surface area contributed by atoms with E-state index in [2.05, 4.69) is 36.5 Å². The maximum Gasteiger partial charge on any atom is 0.416 e. The van der Waals surface area contributed by atoms with E-state index < -0.39 is 11.7 Å². The Bertz CT molecular complexity index is 1290. The lowest BCUT2D eigenvalue weighted by Crippen LogP contribution is -2.18. The number of anilines is 2. The van der Waals surface area contributed by atoms with Crippen LogP contribution in [-0.2, 0) is 6.18 Å². The summed E-state index contributed by atoms with van der Waals surface area (Å²) in [6.45, 7) is 0. The molecule has 0 aliphatic carbocycles. The smallest absolute Gasteiger partial charge is 0.416 e. The lowest BCUT2D eigenvalue weighted by atomic mass is 10.2. The molecule has 7 nitrogen and oxygen atoms in total. The number of nitrogens with zero attached hydrogens (tertiary/aromatic N) is 2. The molecule has 164 valence electrons. The Morgan fingerprint density at radius 1 is 1.09 bits per heavy atom. The van der Waals surface area contributed by atoms with Gasteiger partial charge in [-0.05, 0) is 58.4 Å². The number of ether oxygens (including phenoxy) is 1. The minimum Gasteiger partial charge on any atom is -0.457 e. The summed E-state index contributed by atoms with van der Waals surface area (Å²) >= 11 is 3.10. The van der Waals surface area contributed by atoms with Gasteiger partial charge < -0.3 is 19.8 Å². The van der Waals surface area contributed by atoms with Crippen LogP contribution in [0.5, 0.6) is 11.5 Å². The Labute approximate surface area is 187 Å². The van der Waals surface area contributed by atoms with Gasteiger partial charge in [0.2, 0.25) is 0 Å². The summed E-state index contributed by atoms with van der Waals surface area (Å²) < 4.78 is 50.3. The first-order valence-electron chi connectivity index (χ1n) is 9.13. The third kappa shape index (κ3) is 4.67. The van der Waals surface area contributed by atoms with Gasteiger partial charge in [-0.25, -0.2) is 0 Å². The Hall–Kier alpha value is -3.60. The van der Waals surface area contributed by atoms with Crippen LogP contribution in [0.2, 0.25) is 0 Å². The van der Waals surface area contributed by atoms with Gasteiger partial charge >= 0.3 is 6.18 Å². The van der Waals surface area contributed by atoms with Gasteiger partial charge in [0.15, 0.2) is 5.58 Å². The SMILES string of the molecule is CNC(=O)c1cc(Oc2ccc(Nc3nc4c(Br)cc(C(F)(F)F)cc4o3)cc2)ccn1. The summed E-state index contributed by atoms with van der Waals surface area (Å²) in [5.41, 5.74) is 0.233. The number of pyridine rings is 1. The van der Waals surface area contributed by atoms with E-state index in [1.807, 2.05) is 0 Å². The first kappa shape index (κ1) is 21.6. The summed E-state index contributed by atoms with van der Waals surface area (Å²) in [5.74, 6) is 0.602. The van der Waals surface area contributed by atoms with Crippen LogP contribution in [0.4, 0.5) is 24.9 Å². The van der Waals surface area contributed by atoms with E-state index in [9.17, 15) is 18.0 Å². The molecule has 2 aromatic carbocycles. The standard InChI is InChI=1S/C21H14BrF3N4O3/c1-26-19(30)16-10-14(6-7-27-16)31-13-4-2-12(3-5-13)28-20-29-18-15(22)8-11(21(23,24)25)9-17(18)32-20/h2-10H,1H3,(H,26,30)(H,28,29). The number of aromatic nitrogens is 2. The van der Waals surface area contributed by atoms with Crippen LogP contribution in [0.15, 0.2) is 63.6 Å². The average Bonchev–Trinajstić information content (AvgIpc) is 3.17. The molecule has 0 fully saturated rings. The molecule has 0 atom stereocenters. The van der Waals surface area contributed by atoms with Crippen molar-refractivity contribution in [3.8, 4) is 11.5 Å². The summed E-state index contributed by atoms with van der Waals surface area (Å²) in [4.78, 5) is 19.8. The number of carbonyl (C=O) groups excluding carboxylic acids is 1. The lowest BCUT2D eigenvalue weighted by Gasteiger charge is -2.08. The molecule has 0 aliphatic rings. The number of benzene rings is 2. The van der Waals surface area contributed by atoms with Crippen LogP contribution >= 0.6 is 15.9 Å². The van der Waals surface area contributed by atoms with Gasteiger partial charge in [-0.1, -0.05) is 0 Å². The summed E-state index contributed by atoms with van der Waals surface area (Å²) in [5, 5.41) is 5.39. The van der Waals surface area contributed by atoms with Crippen molar-refractivity contribution in [2.45, 2.75) is 6.18 Å². The van der Waals surface area contributed by atoms with Crippen LogP contribution in [0, 0.1) is 0 Å². The Kier molecular flexibility index (Phi) is 5.74. The minimum atomic E-state index is -4.50. The molecule has 2 aromatic heterocycles. The highest BCUT2D eigenvalue weighted by Gasteiger charge is 2.32. The van der Waals surface area contributed by atoms with E-state index in [0.29, 0.717) is 17.2 Å². The second-order valence-electron chi connectivity index (χ2n) is 6.53. The number of hydrogen-bond acceptors (Lipinski definition) is 6. The van der Waals surface area contributed by atoms with E-state index in [0.717, 1.165) is 12.1 Å². The first-order valence-corrected chi connectivity index (χ1v) is 9.92. The predicted octanol–water partition coefficient (Wildman–Crippen LogP) is 5.90. The van der Waals surface area contributed by atoms with Crippen molar-refractivity contribution in [3.05, 3.63) is 70.5 Å². The maximum absolute atomic E-state index is 13.0. The Balaban J connectivity index is 1.50. The molecule has 0 unspecified atom stereocenters. The van der Waals surface area contributed by atoms with Crippen molar-refractivity contribution in [3.63, 3.8) is 0 Å².